The molecule has 2 fully saturated rings. The number of rotatable bonds is 5. The Morgan fingerprint density at radius 3 is 2.94 bits per heavy atom. The molecule has 3 rings (SSSR count). The second-order valence-electron chi connectivity index (χ2n) is 4.94. The Balaban J connectivity index is 1.60. The van der Waals surface area contributed by atoms with E-state index in [4.69, 9.17) is 14.4 Å². The van der Waals surface area contributed by atoms with Crippen LogP contribution in [0.5, 0.6) is 0 Å². The third-order valence-corrected chi connectivity index (χ3v) is 3.72. The Labute approximate surface area is 100 Å². The van der Waals surface area contributed by atoms with E-state index in [1.54, 1.807) is 0 Å². The molecule has 2 aliphatic heterocycles. The van der Waals surface area contributed by atoms with E-state index in [1.165, 1.54) is 6.42 Å². The third-order valence-electron chi connectivity index (χ3n) is 3.72. The number of ether oxygens (including phenoxy) is 1. The molecule has 5 nitrogen and oxygen atoms in total. The van der Waals surface area contributed by atoms with Gasteiger partial charge >= 0.3 is 0 Å². The highest BCUT2D eigenvalue weighted by Gasteiger charge is 2.43. The average Bonchev–Trinajstić information content (AvgIpc) is 3.04. The minimum Gasteiger partial charge on any atom is -0.396 e. The molecule has 2 aliphatic rings. The van der Waals surface area contributed by atoms with Crippen molar-refractivity contribution in [2.45, 2.75) is 56.7 Å². The Bertz CT molecular complexity index is 380. The van der Waals surface area contributed by atoms with Gasteiger partial charge in [0.25, 0.3) is 0 Å². The lowest BCUT2D eigenvalue weighted by molar-refractivity contribution is 0.0996. The number of aliphatic hydroxyl groups excluding tert-OH is 1. The lowest BCUT2D eigenvalue weighted by Crippen LogP contribution is -2.15. The predicted molar refractivity (Wildman–Crippen MR) is 59.6 cm³/mol. The van der Waals surface area contributed by atoms with Crippen molar-refractivity contribution in [2.24, 2.45) is 0 Å². The van der Waals surface area contributed by atoms with Gasteiger partial charge in [0, 0.05) is 13.0 Å². The lowest BCUT2D eigenvalue weighted by Gasteiger charge is -2.13. The Kier molecular flexibility index (Phi) is 3.11. The van der Waals surface area contributed by atoms with Gasteiger partial charge < -0.3 is 14.4 Å². The zero-order valence-corrected chi connectivity index (χ0v) is 9.84. The molecule has 1 N–H and O–H groups in total. The summed E-state index contributed by atoms with van der Waals surface area (Å²) in [5.41, 5.74) is 0. The molecule has 0 saturated carbocycles. The number of nitrogens with zero attached hydrogens (tertiary/aromatic N) is 2. The smallest absolute Gasteiger partial charge is 0.226 e. The highest BCUT2D eigenvalue weighted by atomic mass is 16.5. The number of aryl methyl sites for hydroxylation is 1. The van der Waals surface area contributed by atoms with E-state index in [1.807, 2.05) is 0 Å². The SMILES string of the molecule is OCCCCc1nc(C2CC3CCC2O3)no1. The van der Waals surface area contributed by atoms with Gasteiger partial charge in [-0.3, -0.25) is 0 Å². The molecule has 0 spiro atoms. The zero-order chi connectivity index (χ0) is 11.7. The molecule has 0 aliphatic carbocycles. The quantitative estimate of drug-likeness (QED) is 0.786. The Hall–Kier alpha value is -0.940. The van der Waals surface area contributed by atoms with Crippen molar-refractivity contribution in [3.63, 3.8) is 0 Å². The van der Waals surface area contributed by atoms with Crippen molar-refractivity contribution in [2.75, 3.05) is 6.61 Å². The highest BCUT2D eigenvalue weighted by Crippen LogP contribution is 2.43. The number of unbranched alkanes of at least 4 members (excludes halogenated alkanes) is 1. The second kappa shape index (κ2) is 4.74. The monoisotopic (exact) mass is 238 g/mol. The second-order valence-corrected chi connectivity index (χ2v) is 4.94. The van der Waals surface area contributed by atoms with Gasteiger partial charge in [-0.15, -0.1) is 0 Å². The first kappa shape index (κ1) is 11.2. The molecule has 3 heterocycles. The summed E-state index contributed by atoms with van der Waals surface area (Å²) in [6, 6.07) is 0. The minimum atomic E-state index is 0.223. The summed E-state index contributed by atoms with van der Waals surface area (Å²) in [6.45, 7) is 0.223. The van der Waals surface area contributed by atoms with Crippen LogP contribution in [0.2, 0.25) is 0 Å². The van der Waals surface area contributed by atoms with E-state index in [2.05, 4.69) is 10.1 Å². The zero-order valence-electron chi connectivity index (χ0n) is 9.84. The van der Waals surface area contributed by atoms with Gasteiger partial charge in [-0.25, -0.2) is 0 Å². The van der Waals surface area contributed by atoms with Crippen LogP contribution in [0.4, 0.5) is 0 Å². The van der Waals surface area contributed by atoms with Crippen LogP contribution < -0.4 is 0 Å². The minimum absolute atomic E-state index is 0.223. The Morgan fingerprint density at radius 1 is 1.29 bits per heavy atom. The molecule has 0 amide bonds. The van der Waals surface area contributed by atoms with Crippen molar-refractivity contribution < 1.29 is 14.4 Å². The van der Waals surface area contributed by atoms with Crippen molar-refractivity contribution in [1.82, 2.24) is 10.1 Å². The lowest BCUT2D eigenvalue weighted by atomic mass is 9.89. The highest BCUT2D eigenvalue weighted by molar-refractivity contribution is 5.06. The van der Waals surface area contributed by atoms with Crippen LogP contribution in [0.15, 0.2) is 4.52 Å². The summed E-state index contributed by atoms with van der Waals surface area (Å²) in [5, 5.41) is 12.8. The number of hydrogen-bond acceptors (Lipinski definition) is 5. The van der Waals surface area contributed by atoms with Gasteiger partial charge in [0.2, 0.25) is 5.89 Å². The fraction of sp³-hybridized carbons (Fsp3) is 0.833. The molecule has 3 atom stereocenters. The summed E-state index contributed by atoms with van der Waals surface area (Å²) >= 11 is 0. The standard InChI is InChI=1S/C12H18N2O3/c15-6-2-1-3-11-13-12(14-17-11)9-7-8-4-5-10(9)16-8/h8-10,15H,1-7H2. The molecule has 0 aromatic carbocycles. The van der Waals surface area contributed by atoms with Crippen LogP contribution in [-0.2, 0) is 11.2 Å². The molecule has 2 bridgehead atoms. The van der Waals surface area contributed by atoms with E-state index in [0.717, 1.165) is 37.9 Å². The molecule has 5 heteroatoms. The molecule has 3 unspecified atom stereocenters. The van der Waals surface area contributed by atoms with E-state index in [-0.39, 0.29) is 6.61 Å². The molecule has 1 aromatic rings. The number of aromatic nitrogens is 2. The van der Waals surface area contributed by atoms with Crippen molar-refractivity contribution in [1.29, 1.82) is 0 Å². The molecule has 1 aromatic heterocycles. The summed E-state index contributed by atoms with van der Waals surface area (Å²) in [5.74, 6) is 1.84. The normalized spacial score (nSPS) is 31.2. The largest absolute Gasteiger partial charge is 0.396 e. The average molecular weight is 238 g/mol. The summed E-state index contributed by atoms with van der Waals surface area (Å²) in [4.78, 5) is 4.44. The van der Waals surface area contributed by atoms with Crippen LogP contribution in [0.1, 0.15) is 49.7 Å². The van der Waals surface area contributed by atoms with Gasteiger partial charge in [-0.05, 0) is 32.1 Å². The first-order valence-electron chi connectivity index (χ1n) is 6.45. The number of hydrogen-bond donors (Lipinski definition) is 1. The maximum atomic E-state index is 8.71. The molecule has 94 valence electrons. The maximum absolute atomic E-state index is 8.71. The van der Waals surface area contributed by atoms with E-state index < -0.39 is 0 Å². The molecular formula is C12H18N2O3. The van der Waals surface area contributed by atoms with Gasteiger partial charge in [-0.1, -0.05) is 5.16 Å². The van der Waals surface area contributed by atoms with Gasteiger partial charge in [0.05, 0.1) is 18.1 Å². The van der Waals surface area contributed by atoms with Crippen LogP contribution in [0, 0.1) is 0 Å². The number of fused-ring (bicyclic) bond motifs is 2. The topological polar surface area (TPSA) is 68.4 Å². The summed E-state index contributed by atoms with van der Waals surface area (Å²) in [7, 11) is 0. The van der Waals surface area contributed by atoms with Crippen LogP contribution >= 0.6 is 0 Å². The van der Waals surface area contributed by atoms with E-state index in [9.17, 15) is 0 Å². The van der Waals surface area contributed by atoms with Crippen molar-refractivity contribution >= 4 is 0 Å². The van der Waals surface area contributed by atoms with Crippen LogP contribution in [-0.4, -0.2) is 34.1 Å². The summed E-state index contributed by atoms with van der Waals surface area (Å²) < 4.78 is 11.0. The number of aliphatic hydroxyl groups is 1. The van der Waals surface area contributed by atoms with E-state index in [0.29, 0.717) is 24.0 Å². The summed E-state index contributed by atoms with van der Waals surface area (Å²) in [6.07, 6.45) is 6.52. The third kappa shape index (κ3) is 2.21. The fourth-order valence-corrected chi connectivity index (χ4v) is 2.82. The van der Waals surface area contributed by atoms with Crippen LogP contribution in [0.3, 0.4) is 0 Å². The first-order valence-corrected chi connectivity index (χ1v) is 6.45. The molecule has 17 heavy (non-hydrogen) atoms. The fourth-order valence-electron chi connectivity index (χ4n) is 2.82. The van der Waals surface area contributed by atoms with Crippen LogP contribution in [0.25, 0.3) is 0 Å². The van der Waals surface area contributed by atoms with Crippen molar-refractivity contribution in [3.8, 4) is 0 Å². The molecule has 0 radical (unpaired) electrons. The predicted octanol–water partition coefficient (Wildman–Crippen LogP) is 1.42. The van der Waals surface area contributed by atoms with Crippen molar-refractivity contribution in [3.05, 3.63) is 11.7 Å². The van der Waals surface area contributed by atoms with Gasteiger partial charge in [0.1, 0.15) is 0 Å². The molecular weight excluding hydrogens is 220 g/mol. The molecule has 2 saturated heterocycles. The van der Waals surface area contributed by atoms with Gasteiger partial charge in [-0.2, -0.15) is 4.98 Å². The first-order chi connectivity index (χ1) is 8.36. The van der Waals surface area contributed by atoms with Gasteiger partial charge in [0.15, 0.2) is 5.82 Å². The Morgan fingerprint density at radius 2 is 2.24 bits per heavy atom. The van der Waals surface area contributed by atoms with E-state index >= 15 is 0 Å². The maximum Gasteiger partial charge on any atom is 0.226 e.